The summed E-state index contributed by atoms with van der Waals surface area (Å²) in [5.41, 5.74) is 1.91. The molecule has 0 bridgehead atoms. The fourth-order valence-corrected chi connectivity index (χ4v) is 2.20. The monoisotopic (exact) mass is 286 g/mol. The maximum absolute atomic E-state index is 13.1. The standard InChI is InChI=1S/C11H9BrF2N2/c1-6-10(12)11(16(2)15-6)7-3-8(13)5-9(14)4-7/h3-5H,1-2H3. The Hall–Kier alpha value is -1.23. The highest BCUT2D eigenvalue weighted by atomic mass is 79.9. The third-order valence-electron chi connectivity index (χ3n) is 2.29. The summed E-state index contributed by atoms with van der Waals surface area (Å²) in [4.78, 5) is 0. The number of aromatic nitrogens is 2. The van der Waals surface area contributed by atoms with Crippen molar-refractivity contribution in [1.82, 2.24) is 9.78 Å². The van der Waals surface area contributed by atoms with Crippen LogP contribution in [0.4, 0.5) is 8.78 Å². The summed E-state index contributed by atoms with van der Waals surface area (Å²) in [5.74, 6) is -1.19. The lowest BCUT2D eigenvalue weighted by Crippen LogP contribution is -1.95. The average molecular weight is 287 g/mol. The number of aryl methyl sites for hydroxylation is 2. The lowest BCUT2D eigenvalue weighted by molar-refractivity contribution is 0.583. The van der Waals surface area contributed by atoms with Gasteiger partial charge in [-0.15, -0.1) is 0 Å². The minimum absolute atomic E-state index is 0.465. The Morgan fingerprint density at radius 2 is 1.75 bits per heavy atom. The number of benzene rings is 1. The lowest BCUT2D eigenvalue weighted by Gasteiger charge is -2.03. The number of rotatable bonds is 1. The molecule has 2 aromatic rings. The van der Waals surface area contributed by atoms with E-state index in [1.54, 1.807) is 11.7 Å². The third-order valence-corrected chi connectivity index (χ3v) is 3.23. The van der Waals surface area contributed by atoms with E-state index in [4.69, 9.17) is 0 Å². The van der Waals surface area contributed by atoms with Gasteiger partial charge in [-0.2, -0.15) is 5.10 Å². The molecule has 2 rings (SSSR count). The highest BCUT2D eigenvalue weighted by Gasteiger charge is 2.14. The summed E-state index contributed by atoms with van der Waals surface area (Å²) in [6.07, 6.45) is 0. The molecule has 0 fully saturated rings. The highest BCUT2D eigenvalue weighted by molar-refractivity contribution is 9.10. The maximum atomic E-state index is 13.1. The SMILES string of the molecule is Cc1nn(C)c(-c2cc(F)cc(F)c2)c1Br. The van der Waals surface area contributed by atoms with Gasteiger partial charge in [-0.05, 0) is 35.0 Å². The highest BCUT2D eigenvalue weighted by Crippen LogP contribution is 2.31. The second-order valence-corrected chi connectivity index (χ2v) is 4.32. The summed E-state index contributed by atoms with van der Waals surface area (Å²) >= 11 is 3.36. The van der Waals surface area contributed by atoms with Crippen molar-refractivity contribution in [3.05, 3.63) is 40.0 Å². The van der Waals surface area contributed by atoms with E-state index in [-0.39, 0.29) is 0 Å². The van der Waals surface area contributed by atoms with Crippen LogP contribution in [0.25, 0.3) is 11.3 Å². The minimum Gasteiger partial charge on any atom is -0.266 e. The zero-order valence-corrected chi connectivity index (χ0v) is 10.3. The van der Waals surface area contributed by atoms with Gasteiger partial charge in [0.2, 0.25) is 0 Å². The Balaban J connectivity index is 2.67. The van der Waals surface area contributed by atoms with E-state index in [2.05, 4.69) is 21.0 Å². The smallest absolute Gasteiger partial charge is 0.126 e. The molecule has 0 saturated heterocycles. The molecule has 0 N–H and O–H groups in total. The molecule has 5 heteroatoms. The molecule has 0 atom stereocenters. The Morgan fingerprint density at radius 1 is 1.19 bits per heavy atom. The van der Waals surface area contributed by atoms with Gasteiger partial charge in [-0.25, -0.2) is 8.78 Å². The normalized spacial score (nSPS) is 10.8. The van der Waals surface area contributed by atoms with E-state index in [1.807, 2.05) is 6.92 Å². The molecule has 0 unspecified atom stereocenters. The predicted octanol–water partition coefficient (Wildman–Crippen LogP) is 3.44. The molecule has 84 valence electrons. The average Bonchev–Trinajstić information content (AvgIpc) is 2.39. The van der Waals surface area contributed by atoms with Gasteiger partial charge in [0, 0.05) is 18.7 Å². The molecule has 0 aliphatic rings. The fourth-order valence-electron chi connectivity index (χ4n) is 1.64. The maximum Gasteiger partial charge on any atom is 0.126 e. The van der Waals surface area contributed by atoms with Crippen molar-refractivity contribution in [3.63, 3.8) is 0 Å². The molecular formula is C11H9BrF2N2. The molecule has 1 heterocycles. The minimum atomic E-state index is -0.597. The van der Waals surface area contributed by atoms with Crippen molar-refractivity contribution in [1.29, 1.82) is 0 Å². The van der Waals surface area contributed by atoms with Gasteiger partial charge in [0.1, 0.15) is 11.6 Å². The van der Waals surface area contributed by atoms with Gasteiger partial charge in [0.05, 0.1) is 15.9 Å². The van der Waals surface area contributed by atoms with E-state index < -0.39 is 11.6 Å². The first-order chi connectivity index (χ1) is 7.49. The van der Waals surface area contributed by atoms with E-state index in [0.717, 1.165) is 16.2 Å². The van der Waals surface area contributed by atoms with E-state index in [1.165, 1.54) is 12.1 Å². The molecule has 2 nitrogen and oxygen atoms in total. The van der Waals surface area contributed by atoms with Gasteiger partial charge in [0.25, 0.3) is 0 Å². The summed E-state index contributed by atoms with van der Waals surface area (Å²) in [7, 11) is 1.73. The first kappa shape index (κ1) is 11.3. The topological polar surface area (TPSA) is 17.8 Å². The van der Waals surface area contributed by atoms with Crippen LogP contribution in [0, 0.1) is 18.6 Å². The summed E-state index contributed by atoms with van der Waals surface area (Å²) in [6, 6.07) is 3.41. The van der Waals surface area contributed by atoms with Crippen molar-refractivity contribution < 1.29 is 8.78 Å². The Kier molecular flexibility index (Phi) is 2.80. The quantitative estimate of drug-likeness (QED) is 0.785. The van der Waals surface area contributed by atoms with Crippen LogP contribution in [0.1, 0.15) is 5.69 Å². The molecule has 0 amide bonds. The van der Waals surface area contributed by atoms with Crippen LogP contribution in [0.2, 0.25) is 0 Å². The predicted molar refractivity (Wildman–Crippen MR) is 61.0 cm³/mol. The van der Waals surface area contributed by atoms with Gasteiger partial charge < -0.3 is 0 Å². The van der Waals surface area contributed by atoms with Crippen molar-refractivity contribution in [2.75, 3.05) is 0 Å². The van der Waals surface area contributed by atoms with Crippen LogP contribution in [-0.4, -0.2) is 9.78 Å². The first-order valence-electron chi connectivity index (χ1n) is 4.64. The van der Waals surface area contributed by atoms with Gasteiger partial charge in [-0.3, -0.25) is 4.68 Å². The van der Waals surface area contributed by atoms with E-state index >= 15 is 0 Å². The molecule has 0 saturated carbocycles. The number of nitrogens with zero attached hydrogens (tertiary/aromatic N) is 2. The Bertz CT molecular complexity index is 529. The molecule has 0 aliphatic heterocycles. The zero-order valence-electron chi connectivity index (χ0n) is 8.76. The van der Waals surface area contributed by atoms with Crippen LogP contribution in [0.5, 0.6) is 0 Å². The van der Waals surface area contributed by atoms with Crippen LogP contribution in [0.15, 0.2) is 22.7 Å². The summed E-state index contributed by atoms with van der Waals surface area (Å²) < 4.78 is 28.5. The molecule has 0 aliphatic carbocycles. The number of hydrogen-bond acceptors (Lipinski definition) is 1. The first-order valence-corrected chi connectivity index (χ1v) is 5.44. The van der Waals surface area contributed by atoms with Crippen molar-refractivity contribution >= 4 is 15.9 Å². The van der Waals surface area contributed by atoms with Crippen molar-refractivity contribution in [3.8, 4) is 11.3 Å². The van der Waals surface area contributed by atoms with Crippen LogP contribution < -0.4 is 0 Å². The molecule has 0 radical (unpaired) electrons. The second kappa shape index (κ2) is 3.97. The zero-order chi connectivity index (χ0) is 11.9. The van der Waals surface area contributed by atoms with E-state index in [0.29, 0.717) is 11.3 Å². The summed E-state index contributed by atoms with van der Waals surface area (Å²) in [6.45, 7) is 1.82. The van der Waals surface area contributed by atoms with Gasteiger partial charge >= 0.3 is 0 Å². The van der Waals surface area contributed by atoms with Crippen molar-refractivity contribution in [2.24, 2.45) is 7.05 Å². The van der Waals surface area contributed by atoms with E-state index in [9.17, 15) is 8.78 Å². The van der Waals surface area contributed by atoms with Crippen LogP contribution in [0.3, 0.4) is 0 Å². The fraction of sp³-hybridized carbons (Fsp3) is 0.182. The Labute approximate surface area is 100 Å². The molecule has 1 aromatic heterocycles. The largest absolute Gasteiger partial charge is 0.266 e. The second-order valence-electron chi connectivity index (χ2n) is 3.53. The van der Waals surface area contributed by atoms with Gasteiger partial charge in [-0.1, -0.05) is 0 Å². The molecular weight excluding hydrogens is 278 g/mol. The number of halogens is 3. The Morgan fingerprint density at radius 3 is 2.19 bits per heavy atom. The number of hydrogen-bond donors (Lipinski definition) is 0. The molecule has 16 heavy (non-hydrogen) atoms. The molecule has 0 spiro atoms. The summed E-state index contributed by atoms with van der Waals surface area (Å²) in [5, 5.41) is 4.17. The van der Waals surface area contributed by atoms with Crippen LogP contribution in [-0.2, 0) is 7.05 Å². The molecule has 1 aromatic carbocycles. The third kappa shape index (κ3) is 1.87. The van der Waals surface area contributed by atoms with Crippen LogP contribution >= 0.6 is 15.9 Å². The lowest BCUT2D eigenvalue weighted by atomic mass is 10.1. The van der Waals surface area contributed by atoms with Gasteiger partial charge in [0.15, 0.2) is 0 Å². The van der Waals surface area contributed by atoms with Crippen molar-refractivity contribution in [2.45, 2.75) is 6.92 Å².